The number of hydrogen-bond donors (Lipinski definition) is 1. The Balaban J connectivity index is 3.27. The topological polar surface area (TPSA) is 107 Å². The van der Waals surface area contributed by atoms with E-state index in [4.69, 9.17) is 5.11 Å². The molecule has 1 N–H and O–H groups in total. The van der Waals surface area contributed by atoms with Crippen molar-refractivity contribution in [2.45, 2.75) is 19.8 Å². The van der Waals surface area contributed by atoms with E-state index in [1.165, 1.54) is 6.07 Å². The predicted octanol–water partition coefficient (Wildman–Crippen LogP) is 1.74. The lowest BCUT2D eigenvalue weighted by atomic mass is 10.0. The van der Waals surface area contributed by atoms with E-state index < -0.39 is 9.85 Å². The highest BCUT2D eigenvalue weighted by Gasteiger charge is 2.20. The Bertz CT molecular complexity index is 458. The summed E-state index contributed by atoms with van der Waals surface area (Å²) in [7, 11) is 0. The SMILES string of the molecule is Cc1c(CCCO)cc([N+](=O)[O-])cc1[N+](=O)[O-]. The van der Waals surface area contributed by atoms with Gasteiger partial charge in [-0.1, -0.05) is 0 Å². The summed E-state index contributed by atoms with van der Waals surface area (Å²) in [4.78, 5) is 20.1. The zero-order chi connectivity index (χ0) is 13.0. The van der Waals surface area contributed by atoms with Crippen LogP contribution < -0.4 is 0 Å². The van der Waals surface area contributed by atoms with E-state index in [1.807, 2.05) is 0 Å². The van der Waals surface area contributed by atoms with Gasteiger partial charge in [-0.2, -0.15) is 0 Å². The molecule has 1 aromatic carbocycles. The summed E-state index contributed by atoms with van der Waals surface area (Å²) in [5.41, 5.74) is 0.386. The minimum atomic E-state index is -0.658. The van der Waals surface area contributed by atoms with Crippen molar-refractivity contribution in [1.29, 1.82) is 0 Å². The predicted molar refractivity (Wildman–Crippen MR) is 59.9 cm³/mol. The van der Waals surface area contributed by atoms with Gasteiger partial charge in [-0.3, -0.25) is 20.2 Å². The van der Waals surface area contributed by atoms with Crippen LogP contribution in [-0.2, 0) is 6.42 Å². The molecule has 17 heavy (non-hydrogen) atoms. The molecule has 0 aliphatic carbocycles. The number of nitrogens with zero attached hydrogens (tertiary/aromatic N) is 2. The first-order chi connectivity index (χ1) is 7.97. The standard InChI is InChI=1S/C10H12N2O5/c1-7-8(3-2-4-13)5-9(11(14)15)6-10(7)12(16)17/h5-6,13H,2-4H2,1H3. The van der Waals surface area contributed by atoms with E-state index >= 15 is 0 Å². The van der Waals surface area contributed by atoms with Crippen molar-refractivity contribution in [2.24, 2.45) is 0 Å². The Morgan fingerprint density at radius 2 is 1.88 bits per heavy atom. The van der Waals surface area contributed by atoms with Gasteiger partial charge in [0, 0.05) is 18.2 Å². The van der Waals surface area contributed by atoms with E-state index in [0.717, 1.165) is 6.07 Å². The lowest BCUT2D eigenvalue weighted by Crippen LogP contribution is -2.01. The quantitative estimate of drug-likeness (QED) is 0.623. The molecule has 0 fully saturated rings. The molecule has 7 heteroatoms. The smallest absolute Gasteiger partial charge is 0.279 e. The Hall–Kier alpha value is -2.02. The zero-order valence-electron chi connectivity index (χ0n) is 9.25. The van der Waals surface area contributed by atoms with Gasteiger partial charge in [0.1, 0.15) is 0 Å². The van der Waals surface area contributed by atoms with Gasteiger partial charge in [0.25, 0.3) is 11.4 Å². The first-order valence-corrected chi connectivity index (χ1v) is 5.00. The maximum atomic E-state index is 10.8. The Morgan fingerprint density at radius 1 is 1.24 bits per heavy atom. The molecule has 0 aliphatic heterocycles. The first-order valence-electron chi connectivity index (χ1n) is 5.00. The summed E-state index contributed by atoms with van der Waals surface area (Å²) in [6.45, 7) is 1.49. The normalized spacial score (nSPS) is 10.2. The molecular weight excluding hydrogens is 228 g/mol. The van der Waals surface area contributed by atoms with E-state index in [0.29, 0.717) is 24.0 Å². The summed E-state index contributed by atoms with van der Waals surface area (Å²) in [5, 5.41) is 30.1. The largest absolute Gasteiger partial charge is 0.396 e. The number of nitro benzene ring substituents is 2. The third-order valence-corrected chi connectivity index (χ3v) is 2.48. The average molecular weight is 240 g/mol. The van der Waals surface area contributed by atoms with Crippen LogP contribution in [0.25, 0.3) is 0 Å². The Morgan fingerprint density at radius 3 is 2.35 bits per heavy atom. The van der Waals surface area contributed by atoms with Gasteiger partial charge in [0.05, 0.1) is 15.9 Å². The molecule has 92 valence electrons. The summed E-state index contributed by atoms with van der Waals surface area (Å²) in [6.07, 6.45) is 0.796. The molecule has 1 aromatic rings. The van der Waals surface area contributed by atoms with Crippen molar-refractivity contribution in [2.75, 3.05) is 6.61 Å². The number of hydrogen-bond acceptors (Lipinski definition) is 5. The van der Waals surface area contributed by atoms with Crippen LogP contribution in [0.1, 0.15) is 17.5 Å². The van der Waals surface area contributed by atoms with E-state index in [-0.39, 0.29) is 18.0 Å². The van der Waals surface area contributed by atoms with Gasteiger partial charge in [0.2, 0.25) is 0 Å². The van der Waals surface area contributed by atoms with E-state index in [1.54, 1.807) is 6.92 Å². The first kappa shape index (κ1) is 13.0. The van der Waals surface area contributed by atoms with Crippen molar-refractivity contribution in [1.82, 2.24) is 0 Å². The van der Waals surface area contributed by atoms with Crippen molar-refractivity contribution in [3.05, 3.63) is 43.5 Å². The molecule has 0 unspecified atom stereocenters. The zero-order valence-corrected chi connectivity index (χ0v) is 9.25. The summed E-state index contributed by atoms with van der Waals surface area (Å²) >= 11 is 0. The number of aliphatic hydroxyl groups excluding tert-OH is 1. The van der Waals surface area contributed by atoms with Crippen molar-refractivity contribution in [3.63, 3.8) is 0 Å². The highest BCUT2D eigenvalue weighted by molar-refractivity contribution is 5.53. The van der Waals surface area contributed by atoms with Crippen molar-refractivity contribution < 1.29 is 15.0 Å². The minimum Gasteiger partial charge on any atom is -0.396 e. The monoisotopic (exact) mass is 240 g/mol. The van der Waals surface area contributed by atoms with Crippen molar-refractivity contribution in [3.8, 4) is 0 Å². The van der Waals surface area contributed by atoms with Crippen LogP contribution in [0.2, 0.25) is 0 Å². The molecular formula is C10H12N2O5. The average Bonchev–Trinajstić information content (AvgIpc) is 2.26. The highest BCUT2D eigenvalue weighted by Crippen LogP contribution is 2.28. The molecule has 0 radical (unpaired) electrons. The maximum absolute atomic E-state index is 10.8. The fourth-order valence-corrected chi connectivity index (χ4v) is 1.57. The fourth-order valence-electron chi connectivity index (χ4n) is 1.57. The summed E-state index contributed by atoms with van der Waals surface area (Å²) in [6, 6.07) is 2.27. The second-order valence-electron chi connectivity index (χ2n) is 3.59. The van der Waals surface area contributed by atoms with Crippen LogP contribution >= 0.6 is 0 Å². The molecule has 0 saturated heterocycles. The summed E-state index contributed by atoms with van der Waals surface area (Å²) in [5.74, 6) is 0. The highest BCUT2D eigenvalue weighted by atomic mass is 16.6. The lowest BCUT2D eigenvalue weighted by molar-refractivity contribution is -0.394. The second-order valence-corrected chi connectivity index (χ2v) is 3.59. The Labute approximate surface area is 97.0 Å². The third-order valence-electron chi connectivity index (χ3n) is 2.48. The molecule has 0 heterocycles. The van der Waals surface area contributed by atoms with Crippen LogP contribution in [-0.4, -0.2) is 21.6 Å². The van der Waals surface area contributed by atoms with Crippen LogP contribution in [0.15, 0.2) is 12.1 Å². The minimum absolute atomic E-state index is 0.0596. The van der Waals surface area contributed by atoms with Gasteiger partial charge < -0.3 is 5.11 Å². The van der Waals surface area contributed by atoms with Gasteiger partial charge in [-0.05, 0) is 25.3 Å². The molecule has 1 rings (SSSR count). The molecule has 0 amide bonds. The van der Waals surface area contributed by atoms with Crippen LogP contribution in [0, 0.1) is 27.2 Å². The molecule has 0 saturated carbocycles. The molecule has 0 aliphatic rings. The number of rotatable bonds is 5. The third kappa shape index (κ3) is 2.97. The van der Waals surface area contributed by atoms with Crippen LogP contribution in [0.5, 0.6) is 0 Å². The molecule has 0 bridgehead atoms. The molecule has 7 nitrogen and oxygen atoms in total. The van der Waals surface area contributed by atoms with E-state index in [2.05, 4.69) is 0 Å². The van der Waals surface area contributed by atoms with Gasteiger partial charge in [-0.25, -0.2) is 0 Å². The number of benzene rings is 1. The number of nitro groups is 2. The number of aryl methyl sites for hydroxylation is 1. The molecule has 0 aromatic heterocycles. The van der Waals surface area contributed by atoms with Crippen molar-refractivity contribution >= 4 is 11.4 Å². The Kier molecular flexibility index (Phi) is 4.11. The lowest BCUT2D eigenvalue weighted by Gasteiger charge is -2.05. The van der Waals surface area contributed by atoms with Crippen LogP contribution in [0.3, 0.4) is 0 Å². The number of aliphatic hydroxyl groups is 1. The molecule has 0 spiro atoms. The summed E-state index contributed by atoms with van der Waals surface area (Å²) < 4.78 is 0. The number of non-ortho nitro benzene ring substituents is 1. The second kappa shape index (κ2) is 5.35. The van der Waals surface area contributed by atoms with Gasteiger partial charge in [0.15, 0.2) is 0 Å². The van der Waals surface area contributed by atoms with E-state index in [9.17, 15) is 20.2 Å². The molecule has 0 atom stereocenters. The van der Waals surface area contributed by atoms with Gasteiger partial charge >= 0.3 is 0 Å². The van der Waals surface area contributed by atoms with Gasteiger partial charge in [-0.15, -0.1) is 0 Å². The fraction of sp³-hybridized carbons (Fsp3) is 0.400. The van der Waals surface area contributed by atoms with Crippen LogP contribution in [0.4, 0.5) is 11.4 Å². The maximum Gasteiger partial charge on any atom is 0.279 e.